The van der Waals surface area contributed by atoms with E-state index in [1.54, 1.807) is 18.4 Å². The Labute approximate surface area is 111 Å². The highest BCUT2D eigenvalue weighted by molar-refractivity contribution is 7.09. The van der Waals surface area contributed by atoms with Gasteiger partial charge in [-0.05, 0) is 30.2 Å². The number of thiazole rings is 1. The number of hydrogen-bond acceptors (Lipinski definition) is 4. The summed E-state index contributed by atoms with van der Waals surface area (Å²) < 4.78 is 5.32. The van der Waals surface area contributed by atoms with E-state index in [2.05, 4.69) is 18.0 Å². The summed E-state index contributed by atoms with van der Waals surface area (Å²) >= 11 is 1.59. The van der Waals surface area contributed by atoms with Crippen molar-refractivity contribution < 1.29 is 9.84 Å². The molecule has 0 atom stereocenters. The first-order valence-electron chi connectivity index (χ1n) is 6.01. The molecule has 4 heteroatoms. The van der Waals surface area contributed by atoms with E-state index in [1.165, 1.54) is 5.56 Å². The molecule has 0 amide bonds. The second-order valence-corrected chi connectivity index (χ2v) is 4.92. The van der Waals surface area contributed by atoms with Crippen molar-refractivity contribution in [3.05, 3.63) is 34.2 Å². The predicted molar refractivity (Wildman–Crippen MR) is 74.3 cm³/mol. The van der Waals surface area contributed by atoms with Crippen LogP contribution in [0.4, 0.5) is 0 Å². The van der Waals surface area contributed by atoms with Gasteiger partial charge in [-0.25, -0.2) is 4.98 Å². The zero-order chi connectivity index (χ0) is 13.0. The first-order valence-corrected chi connectivity index (χ1v) is 6.89. The van der Waals surface area contributed by atoms with Gasteiger partial charge < -0.3 is 9.84 Å². The van der Waals surface area contributed by atoms with Crippen LogP contribution in [-0.2, 0) is 12.8 Å². The van der Waals surface area contributed by atoms with Crippen LogP contribution in [0.3, 0.4) is 0 Å². The highest BCUT2D eigenvalue weighted by Crippen LogP contribution is 2.28. The first kappa shape index (κ1) is 13.1. The topological polar surface area (TPSA) is 42.4 Å². The van der Waals surface area contributed by atoms with Crippen molar-refractivity contribution in [2.45, 2.75) is 19.8 Å². The van der Waals surface area contributed by atoms with Gasteiger partial charge in [-0.2, -0.15) is 0 Å². The fourth-order valence-corrected chi connectivity index (χ4v) is 2.66. The molecule has 1 aromatic carbocycles. The van der Waals surface area contributed by atoms with Crippen LogP contribution in [0.1, 0.15) is 17.5 Å². The number of aryl methyl sites for hydroxylation is 1. The van der Waals surface area contributed by atoms with Crippen LogP contribution in [0, 0.1) is 0 Å². The minimum Gasteiger partial charge on any atom is -0.496 e. The Morgan fingerprint density at radius 2 is 2.22 bits per heavy atom. The molecule has 2 rings (SSSR count). The van der Waals surface area contributed by atoms with Crippen molar-refractivity contribution in [2.24, 2.45) is 0 Å². The standard InChI is InChI=1S/C14H17NO2S/c1-3-10-8-11(4-5-13(10)17-2)12-9-18-14(15-12)6-7-16/h4-5,8-9,16H,3,6-7H2,1-2H3. The van der Waals surface area contributed by atoms with Gasteiger partial charge in [0.2, 0.25) is 0 Å². The van der Waals surface area contributed by atoms with Gasteiger partial charge >= 0.3 is 0 Å². The van der Waals surface area contributed by atoms with Crippen LogP contribution in [0.2, 0.25) is 0 Å². The Bertz CT molecular complexity index is 522. The molecule has 0 aliphatic rings. The van der Waals surface area contributed by atoms with E-state index in [4.69, 9.17) is 9.84 Å². The molecule has 0 fully saturated rings. The van der Waals surface area contributed by atoms with Crippen LogP contribution < -0.4 is 4.74 Å². The summed E-state index contributed by atoms with van der Waals surface area (Å²) in [6.45, 7) is 2.26. The molecule has 18 heavy (non-hydrogen) atoms. The van der Waals surface area contributed by atoms with Crippen LogP contribution in [0.15, 0.2) is 23.6 Å². The quantitative estimate of drug-likeness (QED) is 0.902. The lowest BCUT2D eigenvalue weighted by Gasteiger charge is -2.07. The van der Waals surface area contributed by atoms with Crippen LogP contribution >= 0.6 is 11.3 Å². The maximum atomic E-state index is 8.90. The first-order chi connectivity index (χ1) is 8.78. The highest BCUT2D eigenvalue weighted by Gasteiger charge is 2.07. The van der Waals surface area contributed by atoms with Gasteiger partial charge in [-0.1, -0.05) is 6.92 Å². The predicted octanol–water partition coefficient (Wildman–Crippen LogP) is 2.92. The molecular weight excluding hydrogens is 246 g/mol. The zero-order valence-electron chi connectivity index (χ0n) is 10.6. The van der Waals surface area contributed by atoms with E-state index in [9.17, 15) is 0 Å². The molecule has 1 heterocycles. The van der Waals surface area contributed by atoms with Crippen LogP contribution in [0.25, 0.3) is 11.3 Å². The van der Waals surface area contributed by atoms with E-state index in [0.717, 1.165) is 28.4 Å². The molecule has 0 radical (unpaired) electrons. The number of aliphatic hydroxyl groups excluding tert-OH is 1. The Kier molecular flexibility index (Phi) is 4.33. The maximum absolute atomic E-state index is 8.90. The van der Waals surface area contributed by atoms with Crippen molar-refractivity contribution in [2.75, 3.05) is 13.7 Å². The minimum absolute atomic E-state index is 0.149. The molecule has 3 nitrogen and oxygen atoms in total. The Morgan fingerprint density at radius 1 is 1.39 bits per heavy atom. The summed E-state index contributed by atoms with van der Waals surface area (Å²) in [4.78, 5) is 4.52. The van der Waals surface area contributed by atoms with Gasteiger partial charge in [0, 0.05) is 24.0 Å². The summed E-state index contributed by atoms with van der Waals surface area (Å²) in [6, 6.07) is 6.13. The molecule has 0 saturated heterocycles. The molecule has 0 bridgehead atoms. The van der Waals surface area contributed by atoms with E-state index in [-0.39, 0.29) is 6.61 Å². The highest BCUT2D eigenvalue weighted by atomic mass is 32.1. The Balaban J connectivity index is 2.31. The average molecular weight is 263 g/mol. The van der Waals surface area contributed by atoms with Crippen LogP contribution in [-0.4, -0.2) is 23.8 Å². The summed E-state index contributed by atoms with van der Waals surface area (Å²) in [6.07, 6.45) is 1.56. The lowest BCUT2D eigenvalue weighted by molar-refractivity contribution is 0.299. The molecule has 0 unspecified atom stereocenters. The van der Waals surface area contributed by atoms with Gasteiger partial charge in [0.25, 0.3) is 0 Å². The molecule has 0 aliphatic heterocycles. The lowest BCUT2D eigenvalue weighted by atomic mass is 10.1. The molecule has 0 spiro atoms. The van der Waals surface area contributed by atoms with E-state index in [0.29, 0.717) is 6.42 Å². The Hall–Kier alpha value is -1.39. The Morgan fingerprint density at radius 3 is 2.89 bits per heavy atom. The largest absolute Gasteiger partial charge is 0.496 e. The summed E-state index contributed by atoms with van der Waals surface area (Å²) in [7, 11) is 1.69. The SMILES string of the molecule is CCc1cc(-c2csc(CCO)n2)ccc1OC. The normalized spacial score (nSPS) is 10.6. The number of methoxy groups -OCH3 is 1. The van der Waals surface area contributed by atoms with Gasteiger partial charge in [0.05, 0.1) is 17.8 Å². The van der Waals surface area contributed by atoms with Crippen molar-refractivity contribution >= 4 is 11.3 Å². The van der Waals surface area contributed by atoms with Gasteiger partial charge in [0.15, 0.2) is 0 Å². The summed E-state index contributed by atoms with van der Waals surface area (Å²) in [5.74, 6) is 0.923. The average Bonchev–Trinajstić information content (AvgIpc) is 2.87. The molecule has 1 N–H and O–H groups in total. The third-order valence-electron chi connectivity index (χ3n) is 2.83. The molecule has 0 saturated carbocycles. The van der Waals surface area contributed by atoms with Gasteiger partial charge in [-0.15, -0.1) is 11.3 Å². The third kappa shape index (κ3) is 2.71. The zero-order valence-corrected chi connectivity index (χ0v) is 11.5. The molecule has 2 aromatic rings. The summed E-state index contributed by atoms with van der Waals surface area (Å²) in [5, 5.41) is 11.9. The number of benzene rings is 1. The number of aliphatic hydroxyl groups is 1. The summed E-state index contributed by atoms with van der Waals surface area (Å²) in [5.41, 5.74) is 3.26. The fourth-order valence-electron chi connectivity index (χ4n) is 1.87. The molecular formula is C14H17NO2S. The van der Waals surface area contributed by atoms with Crippen molar-refractivity contribution in [3.63, 3.8) is 0 Å². The van der Waals surface area contributed by atoms with Crippen molar-refractivity contribution in [1.29, 1.82) is 0 Å². The second-order valence-electron chi connectivity index (χ2n) is 3.98. The molecule has 0 aliphatic carbocycles. The van der Waals surface area contributed by atoms with Crippen molar-refractivity contribution in [3.8, 4) is 17.0 Å². The second kappa shape index (κ2) is 5.98. The number of hydrogen-bond donors (Lipinski definition) is 1. The number of nitrogens with zero attached hydrogens (tertiary/aromatic N) is 1. The minimum atomic E-state index is 0.149. The number of rotatable bonds is 5. The molecule has 1 aromatic heterocycles. The molecule has 96 valence electrons. The number of aromatic nitrogens is 1. The van der Waals surface area contributed by atoms with Gasteiger partial charge in [-0.3, -0.25) is 0 Å². The van der Waals surface area contributed by atoms with E-state index < -0.39 is 0 Å². The number of ether oxygens (including phenoxy) is 1. The van der Waals surface area contributed by atoms with E-state index in [1.807, 2.05) is 17.5 Å². The van der Waals surface area contributed by atoms with Crippen molar-refractivity contribution in [1.82, 2.24) is 4.98 Å². The lowest BCUT2D eigenvalue weighted by Crippen LogP contribution is -1.92. The monoisotopic (exact) mass is 263 g/mol. The van der Waals surface area contributed by atoms with Crippen LogP contribution in [0.5, 0.6) is 5.75 Å². The third-order valence-corrected chi connectivity index (χ3v) is 3.74. The van der Waals surface area contributed by atoms with E-state index >= 15 is 0 Å². The smallest absolute Gasteiger partial charge is 0.122 e. The fraction of sp³-hybridized carbons (Fsp3) is 0.357. The maximum Gasteiger partial charge on any atom is 0.122 e. The van der Waals surface area contributed by atoms with Gasteiger partial charge in [0.1, 0.15) is 5.75 Å².